The van der Waals surface area contributed by atoms with Crippen LogP contribution in [0.2, 0.25) is 0 Å². The molecule has 1 heterocycles. The molecule has 1 aliphatic heterocycles. The third-order valence-electron chi connectivity index (χ3n) is 3.29. The van der Waals surface area contributed by atoms with Gasteiger partial charge in [0, 0.05) is 6.61 Å². The molecule has 18 heavy (non-hydrogen) atoms. The van der Waals surface area contributed by atoms with Crippen molar-refractivity contribution in [2.24, 2.45) is 0 Å². The Morgan fingerprint density at radius 2 is 2.33 bits per heavy atom. The molecule has 2 atom stereocenters. The second-order valence-electron chi connectivity index (χ2n) is 4.59. The Kier molecular flexibility index (Phi) is 5.02. The fraction of sp³-hybridized carbons (Fsp3) is 0.600. The first-order valence-corrected chi connectivity index (χ1v) is 6.93. The molecule has 0 amide bonds. The summed E-state index contributed by atoms with van der Waals surface area (Å²) in [4.78, 5) is 0. The summed E-state index contributed by atoms with van der Waals surface area (Å²) in [5.41, 5.74) is 1.26. The third kappa shape index (κ3) is 3.24. The van der Waals surface area contributed by atoms with Gasteiger partial charge in [-0.25, -0.2) is 0 Å². The largest absolute Gasteiger partial charge is 0.494 e. The van der Waals surface area contributed by atoms with Crippen LogP contribution in [0.3, 0.4) is 0 Å². The number of hydrogen-bond donors (Lipinski definition) is 1. The molecule has 2 rings (SSSR count). The van der Waals surface area contributed by atoms with Gasteiger partial charge in [0.05, 0.1) is 18.8 Å². The second kappa shape index (κ2) is 6.76. The first-order valence-electron chi connectivity index (χ1n) is 6.93. The van der Waals surface area contributed by atoms with E-state index in [9.17, 15) is 0 Å². The molecule has 100 valence electrons. The van der Waals surface area contributed by atoms with Crippen LogP contribution >= 0.6 is 0 Å². The molecule has 0 aromatic heterocycles. The molecule has 0 radical (unpaired) electrons. The predicted octanol–water partition coefficient (Wildman–Crippen LogP) is 2.91. The maximum Gasteiger partial charge on any atom is 0.119 e. The Hall–Kier alpha value is -1.06. The third-order valence-corrected chi connectivity index (χ3v) is 3.29. The van der Waals surface area contributed by atoms with E-state index in [1.807, 2.05) is 13.0 Å². The molecule has 1 aliphatic rings. The highest BCUT2D eigenvalue weighted by atomic mass is 16.5. The van der Waals surface area contributed by atoms with Gasteiger partial charge in [-0.15, -0.1) is 0 Å². The number of likely N-dealkylation sites (N-methyl/N-ethyl adjacent to an activating group) is 1. The second-order valence-corrected chi connectivity index (χ2v) is 4.59. The summed E-state index contributed by atoms with van der Waals surface area (Å²) in [7, 11) is 0. The SMILES string of the molecule is CCNC(c1cccc(OCC)c1)C1CCCO1. The molecule has 0 bridgehead atoms. The summed E-state index contributed by atoms with van der Waals surface area (Å²) in [5.74, 6) is 0.941. The van der Waals surface area contributed by atoms with Crippen LogP contribution in [0, 0.1) is 0 Å². The normalized spacial score (nSPS) is 20.9. The van der Waals surface area contributed by atoms with Gasteiger partial charge in [-0.05, 0) is 44.0 Å². The molecule has 3 heteroatoms. The van der Waals surface area contributed by atoms with Gasteiger partial charge < -0.3 is 14.8 Å². The van der Waals surface area contributed by atoms with Crippen LogP contribution in [-0.2, 0) is 4.74 Å². The van der Waals surface area contributed by atoms with Crippen molar-refractivity contribution in [1.82, 2.24) is 5.32 Å². The first-order chi connectivity index (χ1) is 8.85. The van der Waals surface area contributed by atoms with Crippen LogP contribution in [0.5, 0.6) is 5.75 Å². The van der Waals surface area contributed by atoms with Gasteiger partial charge in [-0.1, -0.05) is 19.1 Å². The van der Waals surface area contributed by atoms with Gasteiger partial charge in [0.15, 0.2) is 0 Å². The highest BCUT2D eigenvalue weighted by Gasteiger charge is 2.26. The number of ether oxygens (including phenoxy) is 2. The van der Waals surface area contributed by atoms with Crippen molar-refractivity contribution in [1.29, 1.82) is 0 Å². The lowest BCUT2D eigenvalue weighted by Crippen LogP contribution is -2.31. The van der Waals surface area contributed by atoms with Gasteiger partial charge >= 0.3 is 0 Å². The summed E-state index contributed by atoms with van der Waals surface area (Å²) in [6.07, 6.45) is 2.59. The fourth-order valence-electron chi connectivity index (χ4n) is 2.51. The lowest BCUT2D eigenvalue weighted by atomic mass is 9.99. The first kappa shape index (κ1) is 13.4. The van der Waals surface area contributed by atoms with E-state index in [1.54, 1.807) is 0 Å². The van der Waals surface area contributed by atoms with Crippen molar-refractivity contribution in [2.45, 2.75) is 38.8 Å². The zero-order chi connectivity index (χ0) is 12.8. The molecule has 1 fully saturated rings. The smallest absolute Gasteiger partial charge is 0.119 e. The van der Waals surface area contributed by atoms with Gasteiger partial charge in [-0.2, -0.15) is 0 Å². The van der Waals surface area contributed by atoms with Crippen molar-refractivity contribution in [3.63, 3.8) is 0 Å². The summed E-state index contributed by atoms with van der Waals surface area (Å²) >= 11 is 0. The quantitative estimate of drug-likeness (QED) is 0.841. The molecule has 1 N–H and O–H groups in total. The van der Waals surface area contributed by atoms with Gasteiger partial charge in [-0.3, -0.25) is 0 Å². The zero-order valence-electron chi connectivity index (χ0n) is 11.3. The number of benzene rings is 1. The van der Waals surface area contributed by atoms with Crippen LogP contribution in [-0.4, -0.2) is 25.9 Å². The topological polar surface area (TPSA) is 30.5 Å². The van der Waals surface area contributed by atoms with E-state index in [0.29, 0.717) is 12.7 Å². The highest BCUT2D eigenvalue weighted by Crippen LogP contribution is 2.28. The van der Waals surface area contributed by atoms with Crippen LogP contribution in [0.4, 0.5) is 0 Å². The molecule has 1 saturated heterocycles. The van der Waals surface area contributed by atoms with E-state index in [-0.39, 0.29) is 6.04 Å². The van der Waals surface area contributed by atoms with Crippen molar-refractivity contribution < 1.29 is 9.47 Å². The minimum Gasteiger partial charge on any atom is -0.494 e. The van der Waals surface area contributed by atoms with Crippen LogP contribution in [0.25, 0.3) is 0 Å². The monoisotopic (exact) mass is 249 g/mol. The van der Waals surface area contributed by atoms with E-state index >= 15 is 0 Å². The van der Waals surface area contributed by atoms with Gasteiger partial charge in [0.25, 0.3) is 0 Å². The Morgan fingerprint density at radius 1 is 1.44 bits per heavy atom. The average Bonchev–Trinajstić information content (AvgIpc) is 2.90. The average molecular weight is 249 g/mol. The number of hydrogen-bond acceptors (Lipinski definition) is 3. The standard InChI is InChI=1S/C15H23NO2/c1-3-16-15(14-9-6-10-18-14)12-7-5-8-13(11-12)17-4-2/h5,7-8,11,14-16H,3-4,6,9-10H2,1-2H3. The molecule has 0 spiro atoms. The van der Waals surface area contributed by atoms with Crippen LogP contribution in [0.15, 0.2) is 24.3 Å². The molecule has 1 aromatic rings. The summed E-state index contributed by atoms with van der Waals surface area (Å²) in [5, 5.41) is 3.53. The van der Waals surface area contributed by atoms with Gasteiger partial charge in [0.2, 0.25) is 0 Å². The Morgan fingerprint density at radius 3 is 3.00 bits per heavy atom. The number of nitrogens with one attached hydrogen (secondary N) is 1. The Balaban J connectivity index is 2.15. The maximum absolute atomic E-state index is 5.82. The van der Waals surface area contributed by atoms with E-state index in [1.165, 1.54) is 5.56 Å². The molecule has 0 aliphatic carbocycles. The van der Waals surface area contributed by atoms with Crippen LogP contribution < -0.4 is 10.1 Å². The fourth-order valence-corrected chi connectivity index (χ4v) is 2.51. The van der Waals surface area contributed by atoms with Crippen molar-refractivity contribution in [3.8, 4) is 5.75 Å². The van der Waals surface area contributed by atoms with Crippen molar-refractivity contribution >= 4 is 0 Å². The summed E-state index contributed by atoms with van der Waals surface area (Å²) in [6, 6.07) is 8.61. The number of rotatable bonds is 6. The predicted molar refractivity (Wildman–Crippen MR) is 73.0 cm³/mol. The maximum atomic E-state index is 5.82. The summed E-state index contributed by atoms with van der Waals surface area (Å²) in [6.45, 7) is 6.68. The van der Waals surface area contributed by atoms with E-state index in [4.69, 9.17) is 9.47 Å². The molecule has 2 unspecified atom stereocenters. The van der Waals surface area contributed by atoms with E-state index in [2.05, 4.69) is 30.4 Å². The Bertz CT molecular complexity index is 361. The van der Waals surface area contributed by atoms with Crippen LogP contribution in [0.1, 0.15) is 38.3 Å². The van der Waals surface area contributed by atoms with E-state index in [0.717, 1.165) is 31.7 Å². The highest BCUT2D eigenvalue weighted by molar-refractivity contribution is 5.31. The van der Waals surface area contributed by atoms with Crippen molar-refractivity contribution in [3.05, 3.63) is 29.8 Å². The van der Waals surface area contributed by atoms with E-state index < -0.39 is 0 Å². The molecule has 0 saturated carbocycles. The minimum absolute atomic E-state index is 0.276. The zero-order valence-corrected chi connectivity index (χ0v) is 11.3. The molecular weight excluding hydrogens is 226 g/mol. The Labute approximate surface area is 109 Å². The molecule has 3 nitrogen and oxygen atoms in total. The van der Waals surface area contributed by atoms with Crippen molar-refractivity contribution in [2.75, 3.05) is 19.8 Å². The molecule has 1 aromatic carbocycles. The molecular formula is C15H23NO2. The van der Waals surface area contributed by atoms with Gasteiger partial charge in [0.1, 0.15) is 5.75 Å². The summed E-state index contributed by atoms with van der Waals surface area (Å²) < 4.78 is 11.4. The lowest BCUT2D eigenvalue weighted by Gasteiger charge is -2.24. The lowest BCUT2D eigenvalue weighted by molar-refractivity contribution is 0.0787. The minimum atomic E-state index is 0.276.